The minimum Gasteiger partial charge on any atom is -0.384 e. The topological polar surface area (TPSA) is 54.7 Å². The second-order valence-corrected chi connectivity index (χ2v) is 5.65. The number of fused-ring (bicyclic) bond motifs is 1. The number of carbonyl (C=O) groups is 1. The average Bonchev–Trinajstić information content (AvgIpc) is 2.82. The van der Waals surface area contributed by atoms with Crippen LogP contribution in [0.15, 0.2) is 30.3 Å². The molecule has 1 aromatic heterocycles. The summed E-state index contributed by atoms with van der Waals surface area (Å²) in [5, 5.41) is 11.2. The average molecular weight is 288 g/mol. The third kappa shape index (κ3) is 2.32. The predicted molar refractivity (Wildman–Crippen MR) is 80.3 cm³/mol. The van der Waals surface area contributed by atoms with Crippen molar-refractivity contribution in [2.24, 2.45) is 0 Å². The number of aliphatic hydroxyl groups is 1. The Hall–Kier alpha value is -1.85. The molecule has 1 fully saturated rings. The number of rotatable bonds is 4. The summed E-state index contributed by atoms with van der Waals surface area (Å²) in [6.07, 6.45) is 0. The Morgan fingerprint density at radius 2 is 2.10 bits per heavy atom. The van der Waals surface area contributed by atoms with Crippen molar-refractivity contribution in [2.75, 3.05) is 26.8 Å². The molecule has 21 heavy (non-hydrogen) atoms. The molecule has 0 bridgehead atoms. The number of nitrogens with zero attached hydrogens (tertiary/aromatic N) is 2. The highest BCUT2D eigenvalue weighted by molar-refractivity contribution is 5.99. The van der Waals surface area contributed by atoms with Gasteiger partial charge in [0.05, 0.1) is 19.7 Å². The molecule has 1 aliphatic rings. The first-order chi connectivity index (χ1) is 10.1. The molecular weight excluding hydrogens is 268 g/mol. The van der Waals surface area contributed by atoms with Crippen molar-refractivity contribution in [2.45, 2.75) is 19.1 Å². The summed E-state index contributed by atoms with van der Waals surface area (Å²) in [5.74, 6) is -0.0335. The van der Waals surface area contributed by atoms with Crippen molar-refractivity contribution < 1.29 is 14.6 Å². The first-order valence-electron chi connectivity index (χ1n) is 7.17. The van der Waals surface area contributed by atoms with Gasteiger partial charge in [-0.25, -0.2) is 0 Å². The number of para-hydroxylation sites is 1. The van der Waals surface area contributed by atoms with Crippen LogP contribution in [0.1, 0.15) is 17.4 Å². The fourth-order valence-corrected chi connectivity index (χ4v) is 3.06. The van der Waals surface area contributed by atoms with Crippen molar-refractivity contribution in [1.29, 1.82) is 0 Å². The standard InChI is InChI=1S/C16H20N2O3/c1-3-18-13-7-5-4-6-12(13)8-14(18)15(19)17-9-16(20,10-17)11-21-2/h4-8,20H,3,9-11H2,1-2H3. The van der Waals surface area contributed by atoms with E-state index in [0.29, 0.717) is 18.8 Å². The minimum atomic E-state index is -0.895. The Morgan fingerprint density at radius 3 is 2.76 bits per heavy atom. The third-order valence-electron chi connectivity index (χ3n) is 4.02. The van der Waals surface area contributed by atoms with E-state index < -0.39 is 5.60 Å². The van der Waals surface area contributed by atoms with Crippen LogP contribution >= 0.6 is 0 Å². The van der Waals surface area contributed by atoms with Crippen LogP contribution in [-0.2, 0) is 11.3 Å². The monoisotopic (exact) mass is 288 g/mol. The van der Waals surface area contributed by atoms with Gasteiger partial charge in [0.25, 0.3) is 5.91 Å². The van der Waals surface area contributed by atoms with Gasteiger partial charge in [-0.2, -0.15) is 0 Å². The van der Waals surface area contributed by atoms with Gasteiger partial charge in [0, 0.05) is 24.6 Å². The third-order valence-corrected chi connectivity index (χ3v) is 4.02. The van der Waals surface area contributed by atoms with Crippen molar-refractivity contribution in [3.05, 3.63) is 36.0 Å². The summed E-state index contributed by atoms with van der Waals surface area (Å²) in [5.41, 5.74) is 0.849. The quantitative estimate of drug-likeness (QED) is 0.927. The molecule has 3 rings (SSSR count). The lowest BCUT2D eigenvalue weighted by Crippen LogP contribution is -2.65. The van der Waals surface area contributed by atoms with Crippen LogP contribution in [0, 0.1) is 0 Å². The largest absolute Gasteiger partial charge is 0.384 e. The Balaban J connectivity index is 1.86. The van der Waals surface area contributed by atoms with E-state index in [1.165, 1.54) is 0 Å². The molecule has 0 saturated carbocycles. The molecule has 0 radical (unpaired) electrons. The maximum Gasteiger partial charge on any atom is 0.270 e. The lowest BCUT2D eigenvalue weighted by Gasteiger charge is -2.45. The number of hydrogen-bond donors (Lipinski definition) is 1. The van der Waals surface area contributed by atoms with Gasteiger partial charge in [0.2, 0.25) is 0 Å². The second kappa shape index (κ2) is 5.16. The molecule has 1 amide bonds. The van der Waals surface area contributed by atoms with Gasteiger partial charge in [0.1, 0.15) is 11.3 Å². The van der Waals surface area contributed by atoms with Crippen molar-refractivity contribution >= 4 is 16.8 Å². The second-order valence-electron chi connectivity index (χ2n) is 5.65. The zero-order valence-electron chi connectivity index (χ0n) is 12.4. The Morgan fingerprint density at radius 1 is 1.38 bits per heavy atom. The van der Waals surface area contributed by atoms with Crippen molar-refractivity contribution in [3.8, 4) is 0 Å². The van der Waals surface area contributed by atoms with Crippen LogP contribution in [-0.4, -0.2) is 52.9 Å². The van der Waals surface area contributed by atoms with Crippen LogP contribution in [0.3, 0.4) is 0 Å². The van der Waals surface area contributed by atoms with Crippen molar-refractivity contribution in [3.63, 3.8) is 0 Å². The van der Waals surface area contributed by atoms with Crippen LogP contribution < -0.4 is 0 Å². The molecule has 0 unspecified atom stereocenters. The number of ether oxygens (including phenoxy) is 1. The molecule has 1 N–H and O–H groups in total. The summed E-state index contributed by atoms with van der Waals surface area (Å²) >= 11 is 0. The normalized spacial score (nSPS) is 17.0. The molecule has 2 heterocycles. The van der Waals surface area contributed by atoms with E-state index in [-0.39, 0.29) is 12.5 Å². The molecule has 5 heteroatoms. The minimum absolute atomic E-state index is 0.0335. The highest BCUT2D eigenvalue weighted by Crippen LogP contribution is 2.26. The fraction of sp³-hybridized carbons (Fsp3) is 0.438. The first-order valence-corrected chi connectivity index (χ1v) is 7.17. The highest BCUT2D eigenvalue weighted by atomic mass is 16.5. The molecule has 112 valence electrons. The van der Waals surface area contributed by atoms with Gasteiger partial charge in [-0.3, -0.25) is 4.79 Å². The zero-order valence-corrected chi connectivity index (χ0v) is 12.4. The van der Waals surface area contributed by atoms with Gasteiger partial charge in [-0.1, -0.05) is 18.2 Å². The maximum absolute atomic E-state index is 12.6. The number of carbonyl (C=O) groups excluding carboxylic acids is 1. The van der Waals surface area contributed by atoms with Gasteiger partial charge >= 0.3 is 0 Å². The molecule has 5 nitrogen and oxygen atoms in total. The number of hydrogen-bond acceptors (Lipinski definition) is 3. The van der Waals surface area contributed by atoms with E-state index in [0.717, 1.165) is 17.4 Å². The number of aryl methyl sites for hydroxylation is 1. The molecule has 0 aliphatic carbocycles. The SMILES string of the molecule is CCn1c(C(=O)N2CC(O)(COC)C2)cc2ccccc21. The van der Waals surface area contributed by atoms with E-state index >= 15 is 0 Å². The number of aromatic nitrogens is 1. The summed E-state index contributed by atoms with van der Waals surface area (Å²) in [7, 11) is 1.55. The van der Waals surface area contributed by atoms with Crippen LogP contribution in [0.5, 0.6) is 0 Å². The van der Waals surface area contributed by atoms with E-state index in [1.807, 2.05) is 41.8 Å². The first kappa shape index (κ1) is 14.1. The fourth-order valence-electron chi connectivity index (χ4n) is 3.06. The van der Waals surface area contributed by atoms with E-state index in [2.05, 4.69) is 0 Å². The number of amides is 1. The van der Waals surface area contributed by atoms with Crippen LogP contribution in [0.25, 0.3) is 10.9 Å². The number of methoxy groups -OCH3 is 1. The Kier molecular flexibility index (Phi) is 3.47. The van der Waals surface area contributed by atoms with E-state index in [9.17, 15) is 9.90 Å². The summed E-state index contributed by atoms with van der Waals surface area (Å²) in [6, 6.07) is 9.90. The molecular formula is C16H20N2O3. The van der Waals surface area contributed by atoms with Gasteiger partial charge < -0.3 is 19.3 Å². The summed E-state index contributed by atoms with van der Waals surface area (Å²) < 4.78 is 7.00. The maximum atomic E-state index is 12.6. The highest BCUT2D eigenvalue weighted by Gasteiger charge is 2.44. The molecule has 0 atom stereocenters. The van der Waals surface area contributed by atoms with E-state index in [4.69, 9.17) is 4.74 Å². The lowest BCUT2D eigenvalue weighted by molar-refractivity contribution is -0.118. The van der Waals surface area contributed by atoms with Crippen molar-refractivity contribution in [1.82, 2.24) is 9.47 Å². The van der Waals surface area contributed by atoms with E-state index in [1.54, 1.807) is 12.0 Å². The summed E-state index contributed by atoms with van der Waals surface area (Å²) in [6.45, 7) is 3.68. The van der Waals surface area contributed by atoms with Gasteiger partial charge in [-0.05, 0) is 19.1 Å². The zero-order chi connectivity index (χ0) is 15.0. The molecule has 1 aliphatic heterocycles. The Labute approximate surface area is 123 Å². The molecule has 0 spiro atoms. The number of β-amino-alcohol motifs (C(OH)–C–C–N with tert-alkyl or cyclic N) is 1. The van der Waals surface area contributed by atoms with Crippen LogP contribution in [0.4, 0.5) is 0 Å². The molecule has 1 saturated heterocycles. The molecule has 1 aromatic carbocycles. The number of likely N-dealkylation sites (tertiary alicyclic amines) is 1. The predicted octanol–water partition coefficient (Wildman–Crippen LogP) is 1.49. The van der Waals surface area contributed by atoms with Gasteiger partial charge in [0.15, 0.2) is 0 Å². The smallest absolute Gasteiger partial charge is 0.270 e. The lowest BCUT2D eigenvalue weighted by atomic mass is 9.95. The Bertz CT molecular complexity index is 671. The van der Waals surface area contributed by atoms with Crippen LogP contribution in [0.2, 0.25) is 0 Å². The number of benzene rings is 1. The molecule has 2 aromatic rings. The van der Waals surface area contributed by atoms with Gasteiger partial charge in [-0.15, -0.1) is 0 Å². The summed E-state index contributed by atoms with van der Waals surface area (Å²) in [4.78, 5) is 14.3.